The third kappa shape index (κ3) is 5.86. The highest BCUT2D eigenvalue weighted by atomic mass is 14.2. The average Bonchev–Trinajstić information content (AvgIpc) is 3.39. The zero-order valence-electron chi connectivity index (χ0n) is 36.1. The first kappa shape index (κ1) is 36.9. The van der Waals surface area contributed by atoms with Gasteiger partial charge in [-0.15, -0.1) is 0 Å². The Labute approximate surface area is 382 Å². The van der Waals surface area contributed by atoms with Gasteiger partial charge in [0.25, 0.3) is 0 Å². The maximum atomic E-state index is 2.42. The standard InChI is InChI=1S/C66H40/c1-3-11-43-33-45(19-17-41(43)9-1)47-21-23-51-37-53(27-25-49(51)35-47)55-29-31-61-63(39-55)57-13-5-7-15-59(57)66-62-32-30-56(40-64(62)58-14-6-8-16-60(58)65(61)66)54-28-26-50-36-48(22-24-52(50)38-54)46-20-18-42-10-2-4-12-44(42)34-46/h1-40H. The van der Waals surface area contributed by atoms with Crippen LogP contribution in [0.25, 0.3) is 141 Å². The summed E-state index contributed by atoms with van der Waals surface area (Å²) in [4.78, 5) is 0. The van der Waals surface area contributed by atoms with Crippen LogP contribution in [0.15, 0.2) is 243 Å². The molecule has 0 aliphatic rings. The van der Waals surface area contributed by atoms with Gasteiger partial charge in [-0.05, 0) is 190 Å². The van der Waals surface area contributed by atoms with E-state index >= 15 is 0 Å². The van der Waals surface area contributed by atoms with E-state index in [0.29, 0.717) is 0 Å². The van der Waals surface area contributed by atoms with Crippen molar-refractivity contribution in [1.29, 1.82) is 0 Å². The van der Waals surface area contributed by atoms with Crippen molar-refractivity contribution in [3.05, 3.63) is 243 Å². The van der Waals surface area contributed by atoms with Gasteiger partial charge in [-0.3, -0.25) is 0 Å². The number of fused-ring (bicyclic) bond motifs is 15. The van der Waals surface area contributed by atoms with Crippen LogP contribution in [0.2, 0.25) is 0 Å². The molecule has 0 unspecified atom stereocenters. The fraction of sp³-hybridized carbons (Fsp3) is 0. The van der Waals surface area contributed by atoms with Gasteiger partial charge < -0.3 is 0 Å². The van der Waals surface area contributed by atoms with Crippen LogP contribution in [0.4, 0.5) is 0 Å². The predicted octanol–water partition coefficient (Wildman–Crippen LogP) is 18.7. The minimum Gasteiger partial charge on any atom is -0.0616 e. The highest BCUT2D eigenvalue weighted by Gasteiger charge is 2.18. The molecule has 14 aromatic carbocycles. The topological polar surface area (TPSA) is 0 Å². The molecule has 0 heteroatoms. The molecule has 14 aromatic rings. The van der Waals surface area contributed by atoms with E-state index in [1.165, 1.54) is 141 Å². The summed E-state index contributed by atoms with van der Waals surface area (Å²) in [5, 5.41) is 22.9. The molecule has 66 heavy (non-hydrogen) atoms. The summed E-state index contributed by atoms with van der Waals surface area (Å²) < 4.78 is 0. The summed E-state index contributed by atoms with van der Waals surface area (Å²) in [7, 11) is 0. The lowest BCUT2D eigenvalue weighted by Gasteiger charge is -2.18. The molecular weight excluding hydrogens is 793 g/mol. The zero-order chi connectivity index (χ0) is 43.3. The number of benzene rings is 14. The summed E-state index contributed by atoms with van der Waals surface area (Å²) in [6.07, 6.45) is 0. The Kier molecular flexibility index (Phi) is 8.08. The Bertz CT molecular complexity index is 4060. The molecule has 0 radical (unpaired) electrons. The van der Waals surface area contributed by atoms with Gasteiger partial charge in [-0.2, -0.15) is 0 Å². The van der Waals surface area contributed by atoms with Crippen LogP contribution in [0.3, 0.4) is 0 Å². The summed E-state index contributed by atoms with van der Waals surface area (Å²) in [5.41, 5.74) is 9.86. The molecule has 0 nitrogen and oxygen atoms in total. The molecular formula is C66H40. The number of hydrogen-bond donors (Lipinski definition) is 0. The predicted molar refractivity (Wildman–Crippen MR) is 286 cm³/mol. The molecule has 0 fully saturated rings. The smallest absolute Gasteiger partial charge is 0.00139 e. The van der Waals surface area contributed by atoms with Gasteiger partial charge in [0.15, 0.2) is 0 Å². The van der Waals surface area contributed by atoms with Gasteiger partial charge in [0.1, 0.15) is 0 Å². The number of rotatable bonds is 4. The van der Waals surface area contributed by atoms with E-state index in [1.54, 1.807) is 0 Å². The van der Waals surface area contributed by atoms with Gasteiger partial charge in [0.2, 0.25) is 0 Å². The second-order valence-corrected chi connectivity index (χ2v) is 18.0. The van der Waals surface area contributed by atoms with E-state index in [1.807, 2.05) is 0 Å². The summed E-state index contributed by atoms with van der Waals surface area (Å²) in [6, 6.07) is 90.5. The molecule has 0 bridgehead atoms. The van der Waals surface area contributed by atoms with E-state index in [2.05, 4.69) is 243 Å². The monoisotopic (exact) mass is 832 g/mol. The lowest BCUT2D eigenvalue weighted by atomic mass is 9.85. The van der Waals surface area contributed by atoms with Gasteiger partial charge in [0, 0.05) is 0 Å². The quantitative estimate of drug-likeness (QED) is 0.155. The van der Waals surface area contributed by atoms with Crippen LogP contribution < -0.4 is 0 Å². The SMILES string of the molecule is c1ccc2cc(-c3ccc4cc(-c5ccc6c(c5)c5ccccc5c5c7ccc(-c8ccc9cc(-c%10ccc%11ccccc%11c%10)ccc9c8)cc7c7ccccc7c65)ccc4c3)ccc2c1. The molecule has 0 saturated carbocycles. The van der Waals surface area contributed by atoms with E-state index in [-0.39, 0.29) is 0 Å². The largest absolute Gasteiger partial charge is 0.0616 e. The minimum absolute atomic E-state index is 1.22. The van der Waals surface area contributed by atoms with Gasteiger partial charge in [-0.25, -0.2) is 0 Å². The maximum Gasteiger partial charge on any atom is -0.00139 e. The molecule has 0 heterocycles. The van der Waals surface area contributed by atoms with Crippen molar-refractivity contribution < 1.29 is 0 Å². The lowest BCUT2D eigenvalue weighted by molar-refractivity contribution is 1.66. The zero-order valence-corrected chi connectivity index (χ0v) is 36.1. The van der Waals surface area contributed by atoms with Crippen molar-refractivity contribution >= 4 is 97.0 Å². The molecule has 0 atom stereocenters. The van der Waals surface area contributed by atoms with Crippen LogP contribution in [-0.2, 0) is 0 Å². The van der Waals surface area contributed by atoms with Crippen LogP contribution in [0.1, 0.15) is 0 Å². The van der Waals surface area contributed by atoms with Crippen molar-refractivity contribution in [2.24, 2.45) is 0 Å². The van der Waals surface area contributed by atoms with Crippen LogP contribution >= 0.6 is 0 Å². The highest BCUT2D eigenvalue weighted by molar-refractivity contribution is 6.39. The van der Waals surface area contributed by atoms with E-state index in [0.717, 1.165) is 0 Å². The van der Waals surface area contributed by atoms with E-state index in [4.69, 9.17) is 0 Å². The Hall–Kier alpha value is -8.58. The third-order valence-electron chi connectivity index (χ3n) is 14.3. The molecule has 0 saturated heterocycles. The first-order valence-corrected chi connectivity index (χ1v) is 23.0. The molecule has 0 aliphatic carbocycles. The van der Waals surface area contributed by atoms with E-state index < -0.39 is 0 Å². The van der Waals surface area contributed by atoms with Gasteiger partial charge in [0.05, 0.1) is 0 Å². The Morgan fingerprint density at radius 2 is 0.364 bits per heavy atom. The van der Waals surface area contributed by atoms with Gasteiger partial charge >= 0.3 is 0 Å². The molecule has 0 aliphatic heterocycles. The molecule has 0 amide bonds. The van der Waals surface area contributed by atoms with E-state index in [9.17, 15) is 0 Å². The van der Waals surface area contributed by atoms with Gasteiger partial charge in [-0.1, -0.05) is 194 Å². The van der Waals surface area contributed by atoms with Crippen LogP contribution in [-0.4, -0.2) is 0 Å². The first-order valence-electron chi connectivity index (χ1n) is 23.0. The lowest BCUT2D eigenvalue weighted by Crippen LogP contribution is -1.90. The van der Waals surface area contributed by atoms with Crippen molar-refractivity contribution in [3.63, 3.8) is 0 Å². The highest BCUT2D eigenvalue weighted by Crippen LogP contribution is 2.46. The third-order valence-corrected chi connectivity index (χ3v) is 14.3. The molecule has 304 valence electrons. The van der Waals surface area contributed by atoms with Crippen LogP contribution in [0, 0.1) is 0 Å². The molecule has 14 rings (SSSR count). The maximum absolute atomic E-state index is 2.42. The minimum atomic E-state index is 1.22. The Balaban J connectivity index is 0.877. The fourth-order valence-corrected chi connectivity index (χ4v) is 11.0. The van der Waals surface area contributed by atoms with Crippen molar-refractivity contribution in [3.8, 4) is 44.5 Å². The summed E-state index contributed by atoms with van der Waals surface area (Å²) >= 11 is 0. The number of hydrogen-bond acceptors (Lipinski definition) is 0. The normalized spacial score (nSPS) is 11.9. The van der Waals surface area contributed by atoms with Crippen molar-refractivity contribution in [2.45, 2.75) is 0 Å². The molecule has 0 aromatic heterocycles. The van der Waals surface area contributed by atoms with Crippen molar-refractivity contribution in [1.82, 2.24) is 0 Å². The Morgan fingerprint density at radius 3 is 0.712 bits per heavy atom. The average molecular weight is 833 g/mol. The van der Waals surface area contributed by atoms with Crippen molar-refractivity contribution in [2.75, 3.05) is 0 Å². The molecule has 0 N–H and O–H groups in total. The fourth-order valence-electron chi connectivity index (χ4n) is 11.0. The summed E-state index contributed by atoms with van der Waals surface area (Å²) in [5.74, 6) is 0. The Morgan fingerprint density at radius 1 is 0.136 bits per heavy atom. The second kappa shape index (κ2) is 14.5. The van der Waals surface area contributed by atoms with Crippen LogP contribution in [0.5, 0.6) is 0 Å². The summed E-state index contributed by atoms with van der Waals surface area (Å²) in [6.45, 7) is 0. The second-order valence-electron chi connectivity index (χ2n) is 18.0. The first-order chi connectivity index (χ1) is 32.7. The molecule has 0 spiro atoms.